The van der Waals surface area contributed by atoms with Crippen LogP contribution in [0.4, 0.5) is 17.5 Å². The van der Waals surface area contributed by atoms with Gasteiger partial charge in [-0.25, -0.2) is 4.98 Å². The predicted molar refractivity (Wildman–Crippen MR) is 112 cm³/mol. The monoisotopic (exact) mass is 366 g/mol. The summed E-state index contributed by atoms with van der Waals surface area (Å²) in [6.45, 7) is 5.13. The zero-order valence-corrected chi connectivity index (χ0v) is 16.6. The van der Waals surface area contributed by atoms with Crippen molar-refractivity contribution in [3.8, 4) is 0 Å². The highest BCUT2D eigenvalue weighted by molar-refractivity contribution is 5.54. The fourth-order valence-corrected chi connectivity index (χ4v) is 4.17. The molecule has 0 spiro atoms. The van der Waals surface area contributed by atoms with Crippen LogP contribution in [0.1, 0.15) is 17.7 Å². The molecule has 1 atom stereocenters. The van der Waals surface area contributed by atoms with Crippen LogP contribution in [0.25, 0.3) is 0 Å². The topological polar surface area (TPSA) is 47.5 Å². The normalized spacial score (nSPS) is 19.1. The summed E-state index contributed by atoms with van der Waals surface area (Å²) in [5.41, 5.74) is 3.81. The lowest BCUT2D eigenvalue weighted by molar-refractivity contribution is 0.573. The molecule has 0 bridgehead atoms. The minimum Gasteiger partial charge on any atom is -0.371 e. The van der Waals surface area contributed by atoms with Crippen LogP contribution in [0.15, 0.2) is 30.3 Å². The standard InChI is InChI=1S/C21H30N6/c1-25(2)21-23-19-13-22-11-9-18(19)20(24-21)26(3)14-16-10-12-27(15-16)17-7-5-4-6-8-17/h4-8,16,22H,9-15H2,1-3H3. The van der Waals surface area contributed by atoms with Gasteiger partial charge in [0.15, 0.2) is 0 Å². The molecule has 1 N–H and O–H groups in total. The highest BCUT2D eigenvalue weighted by atomic mass is 15.3. The number of rotatable bonds is 5. The molecule has 4 rings (SSSR count). The summed E-state index contributed by atoms with van der Waals surface area (Å²) in [4.78, 5) is 16.5. The first-order valence-electron chi connectivity index (χ1n) is 9.91. The Labute approximate surface area is 162 Å². The number of hydrogen-bond donors (Lipinski definition) is 1. The van der Waals surface area contributed by atoms with E-state index in [9.17, 15) is 0 Å². The minimum absolute atomic E-state index is 0.658. The number of benzene rings is 1. The van der Waals surface area contributed by atoms with Crippen LogP contribution in [-0.2, 0) is 13.0 Å². The summed E-state index contributed by atoms with van der Waals surface area (Å²) >= 11 is 0. The van der Waals surface area contributed by atoms with Gasteiger partial charge in [-0.2, -0.15) is 4.98 Å². The predicted octanol–water partition coefficient (Wildman–Crippen LogP) is 2.15. The Balaban J connectivity index is 1.50. The number of anilines is 3. The SMILES string of the molecule is CN(C)c1nc2c(c(N(C)CC3CCN(c4ccccc4)C3)n1)CCNC2. The van der Waals surface area contributed by atoms with Gasteiger partial charge in [0.05, 0.1) is 5.69 Å². The Morgan fingerprint density at radius 1 is 1.15 bits per heavy atom. The fourth-order valence-electron chi connectivity index (χ4n) is 4.17. The molecule has 0 amide bonds. The lowest BCUT2D eigenvalue weighted by Crippen LogP contribution is -2.33. The van der Waals surface area contributed by atoms with Crippen molar-refractivity contribution in [1.29, 1.82) is 0 Å². The van der Waals surface area contributed by atoms with Crippen molar-refractivity contribution >= 4 is 17.5 Å². The second kappa shape index (κ2) is 7.72. The van der Waals surface area contributed by atoms with Gasteiger partial charge in [-0.05, 0) is 37.4 Å². The average molecular weight is 367 g/mol. The van der Waals surface area contributed by atoms with E-state index in [1.165, 1.54) is 17.7 Å². The van der Waals surface area contributed by atoms with Crippen LogP contribution in [0.2, 0.25) is 0 Å². The van der Waals surface area contributed by atoms with Gasteiger partial charge < -0.3 is 20.0 Å². The average Bonchev–Trinajstić information content (AvgIpc) is 3.16. The Morgan fingerprint density at radius 3 is 2.74 bits per heavy atom. The molecule has 1 aromatic heterocycles. The molecule has 1 aromatic carbocycles. The molecule has 3 heterocycles. The summed E-state index contributed by atoms with van der Waals surface area (Å²) in [6, 6.07) is 10.8. The maximum atomic E-state index is 4.90. The quantitative estimate of drug-likeness (QED) is 0.875. The Kier molecular flexibility index (Phi) is 5.16. The van der Waals surface area contributed by atoms with Crippen LogP contribution in [0, 0.1) is 5.92 Å². The first kappa shape index (κ1) is 18.0. The number of nitrogens with zero attached hydrogens (tertiary/aromatic N) is 5. The summed E-state index contributed by atoms with van der Waals surface area (Å²) in [7, 11) is 6.21. The Hall–Kier alpha value is -2.34. The maximum Gasteiger partial charge on any atom is 0.227 e. The van der Waals surface area contributed by atoms with Crippen LogP contribution in [-0.4, -0.2) is 57.3 Å². The molecular weight excluding hydrogens is 336 g/mol. The van der Waals surface area contributed by atoms with Crippen molar-refractivity contribution in [3.63, 3.8) is 0 Å². The molecule has 2 aliphatic heterocycles. The van der Waals surface area contributed by atoms with Crippen LogP contribution in [0.5, 0.6) is 0 Å². The van der Waals surface area contributed by atoms with Gasteiger partial charge in [0, 0.05) is 58.6 Å². The zero-order valence-electron chi connectivity index (χ0n) is 16.6. The van der Waals surface area contributed by atoms with Crippen LogP contribution in [0.3, 0.4) is 0 Å². The van der Waals surface area contributed by atoms with E-state index in [-0.39, 0.29) is 0 Å². The van der Waals surface area contributed by atoms with Gasteiger partial charge in [-0.3, -0.25) is 0 Å². The number of aromatic nitrogens is 2. The van der Waals surface area contributed by atoms with Crippen LogP contribution < -0.4 is 20.0 Å². The Morgan fingerprint density at radius 2 is 1.96 bits per heavy atom. The molecule has 0 saturated carbocycles. The Bertz CT molecular complexity index is 776. The summed E-state index contributed by atoms with van der Waals surface area (Å²) in [5, 5.41) is 3.44. The van der Waals surface area contributed by atoms with Crippen LogP contribution >= 0.6 is 0 Å². The van der Waals surface area contributed by atoms with E-state index in [0.717, 1.165) is 56.6 Å². The van der Waals surface area contributed by atoms with E-state index < -0.39 is 0 Å². The molecule has 2 aliphatic rings. The molecule has 2 aromatic rings. The van der Waals surface area contributed by atoms with E-state index >= 15 is 0 Å². The van der Waals surface area contributed by atoms with E-state index in [1.807, 2.05) is 19.0 Å². The van der Waals surface area contributed by atoms with Gasteiger partial charge in [-0.1, -0.05) is 18.2 Å². The second-order valence-electron chi connectivity index (χ2n) is 7.91. The van der Waals surface area contributed by atoms with E-state index in [0.29, 0.717) is 5.92 Å². The third kappa shape index (κ3) is 3.86. The highest BCUT2D eigenvalue weighted by Gasteiger charge is 2.26. The van der Waals surface area contributed by atoms with Gasteiger partial charge in [-0.15, -0.1) is 0 Å². The summed E-state index contributed by atoms with van der Waals surface area (Å²) in [5.74, 6) is 2.57. The summed E-state index contributed by atoms with van der Waals surface area (Å²) in [6.07, 6.45) is 2.23. The molecule has 144 valence electrons. The van der Waals surface area contributed by atoms with Crippen molar-refractivity contribution in [2.45, 2.75) is 19.4 Å². The van der Waals surface area contributed by atoms with Crippen molar-refractivity contribution in [3.05, 3.63) is 41.6 Å². The molecular formula is C21H30N6. The summed E-state index contributed by atoms with van der Waals surface area (Å²) < 4.78 is 0. The molecule has 1 fully saturated rings. The van der Waals surface area contributed by atoms with Crippen molar-refractivity contribution in [2.75, 3.05) is 62.0 Å². The second-order valence-corrected chi connectivity index (χ2v) is 7.91. The third-order valence-electron chi connectivity index (χ3n) is 5.60. The lowest BCUT2D eigenvalue weighted by atomic mass is 10.1. The molecule has 0 radical (unpaired) electrons. The van der Waals surface area contributed by atoms with Crippen molar-refractivity contribution < 1.29 is 0 Å². The van der Waals surface area contributed by atoms with E-state index in [1.54, 1.807) is 0 Å². The van der Waals surface area contributed by atoms with Crippen molar-refractivity contribution in [2.24, 2.45) is 5.92 Å². The van der Waals surface area contributed by atoms with Crippen molar-refractivity contribution in [1.82, 2.24) is 15.3 Å². The first-order chi connectivity index (χ1) is 13.1. The zero-order chi connectivity index (χ0) is 18.8. The van der Waals surface area contributed by atoms with Gasteiger partial charge >= 0.3 is 0 Å². The third-order valence-corrected chi connectivity index (χ3v) is 5.60. The maximum absolute atomic E-state index is 4.90. The van der Waals surface area contributed by atoms with Gasteiger partial charge in [0.25, 0.3) is 0 Å². The number of fused-ring (bicyclic) bond motifs is 1. The molecule has 6 nitrogen and oxygen atoms in total. The fraction of sp³-hybridized carbons (Fsp3) is 0.524. The molecule has 0 aliphatic carbocycles. The molecule has 6 heteroatoms. The minimum atomic E-state index is 0.658. The van der Waals surface area contributed by atoms with Gasteiger partial charge in [0.2, 0.25) is 5.95 Å². The number of para-hydroxylation sites is 1. The highest BCUT2D eigenvalue weighted by Crippen LogP contribution is 2.28. The van der Waals surface area contributed by atoms with Gasteiger partial charge in [0.1, 0.15) is 5.82 Å². The molecule has 1 unspecified atom stereocenters. The first-order valence-corrected chi connectivity index (χ1v) is 9.91. The smallest absolute Gasteiger partial charge is 0.227 e. The lowest BCUT2D eigenvalue weighted by Gasteiger charge is -2.29. The van der Waals surface area contributed by atoms with E-state index in [2.05, 4.69) is 52.5 Å². The molecule has 27 heavy (non-hydrogen) atoms. The van der Waals surface area contributed by atoms with E-state index in [4.69, 9.17) is 9.97 Å². The largest absolute Gasteiger partial charge is 0.371 e. The number of nitrogens with one attached hydrogen (secondary N) is 1. The number of hydrogen-bond acceptors (Lipinski definition) is 6. The molecule has 1 saturated heterocycles.